The molecular formula is C24H21N5O2. The maximum absolute atomic E-state index is 9.88. The van der Waals surface area contributed by atoms with Gasteiger partial charge in [-0.2, -0.15) is 10.5 Å². The number of fused-ring (bicyclic) bond motifs is 4. The first-order valence-corrected chi connectivity index (χ1v) is 10.3. The molecule has 0 unspecified atom stereocenters. The highest BCUT2D eigenvalue weighted by atomic mass is 16.5. The number of ether oxygens (including phenoxy) is 2. The van der Waals surface area contributed by atoms with E-state index in [1.807, 2.05) is 41.3 Å². The molecule has 0 fully saturated rings. The first-order valence-electron chi connectivity index (χ1n) is 10.3. The molecule has 154 valence electrons. The van der Waals surface area contributed by atoms with E-state index in [0.29, 0.717) is 42.3 Å². The van der Waals surface area contributed by atoms with Crippen LogP contribution >= 0.6 is 0 Å². The van der Waals surface area contributed by atoms with Crippen molar-refractivity contribution in [1.29, 1.82) is 15.9 Å². The fourth-order valence-electron chi connectivity index (χ4n) is 4.46. The van der Waals surface area contributed by atoms with E-state index in [2.05, 4.69) is 12.1 Å². The van der Waals surface area contributed by atoms with Crippen LogP contribution < -0.4 is 15.0 Å². The van der Waals surface area contributed by atoms with Crippen LogP contribution in [0.1, 0.15) is 28.9 Å². The van der Waals surface area contributed by atoms with Gasteiger partial charge >= 0.3 is 0 Å². The van der Waals surface area contributed by atoms with Crippen LogP contribution in [0.5, 0.6) is 11.5 Å². The van der Waals surface area contributed by atoms with Crippen LogP contribution in [0.3, 0.4) is 0 Å². The van der Waals surface area contributed by atoms with E-state index in [1.165, 1.54) is 0 Å². The Morgan fingerprint density at radius 2 is 1.71 bits per heavy atom. The average Bonchev–Trinajstić information content (AvgIpc) is 2.93. The van der Waals surface area contributed by atoms with Crippen molar-refractivity contribution in [2.24, 2.45) is 7.05 Å². The van der Waals surface area contributed by atoms with Crippen molar-refractivity contribution in [2.75, 3.05) is 13.2 Å². The Bertz CT molecular complexity index is 1380. The van der Waals surface area contributed by atoms with Crippen molar-refractivity contribution in [1.82, 2.24) is 9.13 Å². The Morgan fingerprint density at radius 1 is 0.968 bits per heavy atom. The highest BCUT2D eigenvalue weighted by Gasteiger charge is 2.25. The Morgan fingerprint density at radius 3 is 2.39 bits per heavy atom. The molecule has 2 aliphatic rings. The molecule has 5 rings (SSSR count). The van der Waals surface area contributed by atoms with Crippen LogP contribution in [-0.2, 0) is 20.0 Å². The van der Waals surface area contributed by atoms with E-state index in [1.54, 1.807) is 6.07 Å². The fraction of sp³-hybridized carbons (Fsp3) is 0.292. The summed E-state index contributed by atoms with van der Waals surface area (Å²) in [6.07, 6.45) is 1.59. The van der Waals surface area contributed by atoms with Crippen LogP contribution in [0.25, 0.3) is 22.4 Å². The van der Waals surface area contributed by atoms with Crippen LogP contribution in [0.2, 0.25) is 0 Å². The molecule has 0 aliphatic carbocycles. The van der Waals surface area contributed by atoms with E-state index in [4.69, 9.17) is 14.9 Å². The van der Waals surface area contributed by atoms with Gasteiger partial charge in [0.05, 0.1) is 18.9 Å². The van der Waals surface area contributed by atoms with E-state index in [0.717, 1.165) is 46.7 Å². The molecule has 0 spiro atoms. The highest BCUT2D eigenvalue weighted by Crippen LogP contribution is 2.41. The molecule has 0 saturated carbocycles. The zero-order chi connectivity index (χ0) is 21.7. The van der Waals surface area contributed by atoms with E-state index in [-0.39, 0.29) is 5.49 Å². The second-order valence-corrected chi connectivity index (χ2v) is 7.89. The lowest BCUT2D eigenvalue weighted by Crippen LogP contribution is -2.28. The predicted octanol–water partition coefficient (Wildman–Crippen LogP) is 3.41. The number of hydrogen-bond acceptors (Lipinski definition) is 5. The molecule has 0 atom stereocenters. The fourth-order valence-corrected chi connectivity index (χ4v) is 4.46. The summed E-state index contributed by atoms with van der Waals surface area (Å²) in [7, 11) is 1.83. The minimum atomic E-state index is 0.189. The van der Waals surface area contributed by atoms with Gasteiger partial charge in [-0.15, -0.1) is 0 Å². The summed E-state index contributed by atoms with van der Waals surface area (Å²) >= 11 is 0. The molecule has 31 heavy (non-hydrogen) atoms. The lowest BCUT2D eigenvalue weighted by Gasteiger charge is -2.25. The lowest BCUT2D eigenvalue weighted by atomic mass is 9.92. The summed E-state index contributed by atoms with van der Waals surface area (Å²) in [5, 5.41) is 28.1. The van der Waals surface area contributed by atoms with Crippen molar-refractivity contribution in [3.63, 3.8) is 0 Å². The van der Waals surface area contributed by atoms with Gasteiger partial charge in [0.1, 0.15) is 28.9 Å². The summed E-state index contributed by atoms with van der Waals surface area (Å²) in [5.74, 6) is 1.48. The molecule has 0 radical (unpaired) electrons. The Hall–Kier alpha value is -3.97. The van der Waals surface area contributed by atoms with Crippen molar-refractivity contribution < 1.29 is 9.47 Å². The largest absolute Gasteiger partial charge is 0.490 e. The summed E-state index contributed by atoms with van der Waals surface area (Å²) in [4.78, 5) is 0. The Kier molecular flexibility index (Phi) is 4.34. The molecular weight excluding hydrogens is 390 g/mol. The van der Waals surface area contributed by atoms with Crippen molar-refractivity contribution in [3.8, 4) is 46.0 Å². The third-order valence-corrected chi connectivity index (χ3v) is 6.25. The minimum Gasteiger partial charge on any atom is -0.490 e. The maximum atomic E-state index is 9.88. The zero-order valence-electron chi connectivity index (χ0n) is 17.5. The second-order valence-electron chi connectivity index (χ2n) is 7.89. The van der Waals surface area contributed by atoms with Crippen LogP contribution in [0.4, 0.5) is 0 Å². The van der Waals surface area contributed by atoms with Gasteiger partial charge in [0.2, 0.25) is 0 Å². The van der Waals surface area contributed by atoms with Gasteiger partial charge in [-0.1, -0.05) is 0 Å². The number of aromatic nitrogens is 2. The number of nitrogens with one attached hydrogen (secondary N) is 1. The molecule has 7 nitrogen and oxygen atoms in total. The molecule has 2 aliphatic heterocycles. The van der Waals surface area contributed by atoms with Crippen LogP contribution in [0, 0.1) is 35.0 Å². The maximum Gasteiger partial charge on any atom is 0.161 e. The van der Waals surface area contributed by atoms with E-state index >= 15 is 0 Å². The Balaban J connectivity index is 1.78. The predicted molar refractivity (Wildman–Crippen MR) is 114 cm³/mol. The van der Waals surface area contributed by atoms with Crippen molar-refractivity contribution in [2.45, 2.75) is 26.3 Å². The van der Waals surface area contributed by atoms with Crippen LogP contribution in [-0.4, -0.2) is 22.3 Å². The summed E-state index contributed by atoms with van der Waals surface area (Å²) in [5.41, 5.74) is 6.39. The van der Waals surface area contributed by atoms with E-state index in [9.17, 15) is 10.5 Å². The van der Waals surface area contributed by atoms with Gasteiger partial charge in [0.15, 0.2) is 11.5 Å². The number of nitrogens with zero attached hydrogens (tertiary/aromatic N) is 4. The van der Waals surface area contributed by atoms with Gasteiger partial charge in [0, 0.05) is 42.4 Å². The molecule has 1 N–H and O–H groups in total. The minimum absolute atomic E-state index is 0.189. The second kappa shape index (κ2) is 7.07. The molecule has 4 heterocycles. The normalized spacial score (nSPS) is 14.1. The number of benzene rings is 1. The number of nitriles is 2. The first kappa shape index (κ1) is 19.0. The summed E-state index contributed by atoms with van der Waals surface area (Å²) in [6.45, 7) is 3.78. The van der Waals surface area contributed by atoms with Gasteiger partial charge in [-0.25, -0.2) is 0 Å². The summed E-state index contributed by atoms with van der Waals surface area (Å²) < 4.78 is 15.5. The average molecular weight is 411 g/mol. The number of rotatable bonds is 1. The standard InChI is InChI=1S/C24H21N5O2/c1-14-17(9-16(12-25)28(14)2)19-10-21-18-11-23-22(30-6-3-7-31-23)8-15(18)4-5-29(21)24(27)20(19)13-26/h8-11,27H,3-7H2,1-2H3. The van der Waals surface area contributed by atoms with Crippen molar-refractivity contribution in [3.05, 3.63) is 52.3 Å². The number of aryl methyl sites for hydroxylation is 1. The molecule has 3 aromatic rings. The molecule has 1 aromatic carbocycles. The molecule has 0 saturated heterocycles. The quantitative estimate of drug-likeness (QED) is 0.663. The van der Waals surface area contributed by atoms with Gasteiger partial charge in [-0.05, 0) is 43.2 Å². The summed E-state index contributed by atoms with van der Waals surface area (Å²) in [6, 6.07) is 12.2. The molecule has 0 bridgehead atoms. The smallest absolute Gasteiger partial charge is 0.161 e. The lowest BCUT2D eigenvalue weighted by molar-refractivity contribution is 0.297. The SMILES string of the molecule is Cc1c(-c2cc3n(c(=N)c2C#N)CCc2cc4c(cc2-3)OCCCO4)cc(C#N)n1C. The van der Waals surface area contributed by atoms with Gasteiger partial charge < -0.3 is 18.6 Å². The molecule has 0 amide bonds. The first-order chi connectivity index (χ1) is 15.0. The number of hydrogen-bond donors (Lipinski definition) is 1. The molecule has 7 heteroatoms. The Labute approximate surface area is 179 Å². The van der Waals surface area contributed by atoms with E-state index < -0.39 is 0 Å². The number of pyridine rings is 1. The molecule has 2 aromatic heterocycles. The topological polar surface area (TPSA) is 99.8 Å². The van der Waals surface area contributed by atoms with Crippen LogP contribution in [0.15, 0.2) is 24.3 Å². The third-order valence-electron chi connectivity index (χ3n) is 6.25. The van der Waals surface area contributed by atoms with Gasteiger partial charge in [-0.3, -0.25) is 5.41 Å². The zero-order valence-corrected chi connectivity index (χ0v) is 17.5. The van der Waals surface area contributed by atoms with Crippen molar-refractivity contribution >= 4 is 0 Å². The monoisotopic (exact) mass is 411 g/mol. The third kappa shape index (κ3) is 2.82. The highest BCUT2D eigenvalue weighted by molar-refractivity contribution is 5.80. The van der Waals surface area contributed by atoms with Gasteiger partial charge in [0.25, 0.3) is 0 Å².